The highest BCUT2D eigenvalue weighted by atomic mass is 16.3. The van der Waals surface area contributed by atoms with Crippen molar-refractivity contribution in [3.05, 3.63) is 53.9 Å². The van der Waals surface area contributed by atoms with Gasteiger partial charge < -0.3 is 8.83 Å². The number of hydrogen-bond acceptors (Lipinski definition) is 4. The molecule has 5 heteroatoms. The minimum absolute atomic E-state index is 0.0664. The molecule has 0 spiro atoms. The Kier molecular flexibility index (Phi) is 3.63. The molecule has 1 fully saturated rings. The maximum absolute atomic E-state index is 12.1. The molecule has 0 saturated heterocycles. The SMILES string of the molecule is CC(=O)N1N=C2/C(=C/c3ccco3)C[C@@H](C)C[C@H]2[C@@H]1c1ccco1. The molecule has 3 atom stereocenters. The summed E-state index contributed by atoms with van der Waals surface area (Å²) >= 11 is 0. The van der Waals surface area contributed by atoms with Gasteiger partial charge in [0.25, 0.3) is 0 Å². The minimum Gasteiger partial charge on any atom is -0.467 e. The highest BCUT2D eigenvalue weighted by Crippen LogP contribution is 2.46. The predicted molar refractivity (Wildman–Crippen MR) is 90.0 cm³/mol. The quantitative estimate of drug-likeness (QED) is 0.829. The van der Waals surface area contributed by atoms with E-state index in [9.17, 15) is 4.79 Å². The van der Waals surface area contributed by atoms with Crippen molar-refractivity contribution < 1.29 is 13.6 Å². The number of furan rings is 2. The van der Waals surface area contributed by atoms with Gasteiger partial charge in [-0.3, -0.25) is 4.79 Å². The third-order valence-corrected chi connectivity index (χ3v) is 4.78. The summed E-state index contributed by atoms with van der Waals surface area (Å²) in [7, 11) is 0. The Morgan fingerprint density at radius 2 is 2.08 bits per heavy atom. The molecule has 0 aromatic carbocycles. The topological polar surface area (TPSA) is 59.0 Å². The van der Waals surface area contributed by atoms with E-state index < -0.39 is 0 Å². The largest absolute Gasteiger partial charge is 0.467 e. The van der Waals surface area contributed by atoms with E-state index in [0.29, 0.717) is 5.92 Å². The summed E-state index contributed by atoms with van der Waals surface area (Å²) in [4.78, 5) is 12.1. The lowest BCUT2D eigenvalue weighted by Crippen LogP contribution is -2.32. The smallest absolute Gasteiger partial charge is 0.240 e. The Balaban J connectivity index is 1.77. The standard InChI is InChI=1S/C19H20N2O3/c1-12-9-14(11-15-5-3-7-23-15)18-16(10-12)19(17-6-4-8-24-17)21(20-18)13(2)22/h3-8,11-12,16,19H,9-10H2,1-2H3/b14-11+/t12-,16-,19-/m1/s1. The number of hydrogen-bond donors (Lipinski definition) is 0. The summed E-state index contributed by atoms with van der Waals surface area (Å²) in [6.07, 6.45) is 7.29. The van der Waals surface area contributed by atoms with Gasteiger partial charge in [-0.2, -0.15) is 5.10 Å². The third-order valence-electron chi connectivity index (χ3n) is 4.78. The molecular formula is C19H20N2O3. The van der Waals surface area contributed by atoms with Crippen molar-refractivity contribution in [1.82, 2.24) is 5.01 Å². The number of hydrazone groups is 1. The van der Waals surface area contributed by atoms with Gasteiger partial charge in [-0.15, -0.1) is 0 Å². The van der Waals surface area contributed by atoms with Crippen molar-refractivity contribution in [3.8, 4) is 0 Å². The second kappa shape index (κ2) is 5.82. The van der Waals surface area contributed by atoms with Gasteiger partial charge >= 0.3 is 0 Å². The van der Waals surface area contributed by atoms with Crippen molar-refractivity contribution in [3.63, 3.8) is 0 Å². The number of amides is 1. The van der Waals surface area contributed by atoms with E-state index in [1.807, 2.05) is 30.3 Å². The number of carbonyl (C=O) groups is 1. The van der Waals surface area contributed by atoms with E-state index in [2.05, 4.69) is 12.0 Å². The van der Waals surface area contributed by atoms with Crippen molar-refractivity contribution >= 4 is 17.7 Å². The molecule has 1 aliphatic carbocycles. The average molecular weight is 324 g/mol. The monoisotopic (exact) mass is 324 g/mol. The molecule has 0 N–H and O–H groups in total. The Bertz CT molecular complexity index is 787. The average Bonchev–Trinajstić information content (AvgIpc) is 3.26. The van der Waals surface area contributed by atoms with Crippen LogP contribution in [-0.4, -0.2) is 16.6 Å². The number of fused-ring (bicyclic) bond motifs is 1. The van der Waals surface area contributed by atoms with Crippen LogP contribution in [0.15, 0.2) is 56.3 Å². The zero-order valence-electron chi connectivity index (χ0n) is 13.8. The van der Waals surface area contributed by atoms with Crippen LogP contribution in [0.2, 0.25) is 0 Å². The summed E-state index contributed by atoms with van der Waals surface area (Å²) in [5, 5.41) is 6.25. The van der Waals surface area contributed by atoms with Crippen LogP contribution in [0.5, 0.6) is 0 Å². The molecule has 2 aromatic rings. The lowest BCUT2D eigenvalue weighted by atomic mass is 9.74. The first-order valence-corrected chi connectivity index (χ1v) is 8.29. The summed E-state index contributed by atoms with van der Waals surface area (Å²) < 4.78 is 11.1. The van der Waals surface area contributed by atoms with Crippen LogP contribution in [0.25, 0.3) is 6.08 Å². The van der Waals surface area contributed by atoms with Gasteiger partial charge in [-0.1, -0.05) is 6.92 Å². The molecule has 124 valence electrons. The van der Waals surface area contributed by atoms with Crippen molar-refractivity contribution in [2.24, 2.45) is 16.9 Å². The van der Waals surface area contributed by atoms with E-state index in [0.717, 1.165) is 35.6 Å². The number of nitrogens with zero attached hydrogens (tertiary/aromatic N) is 2. The molecule has 0 bridgehead atoms. The van der Waals surface area contributed by atoms with Gasteiger partial charge in [-0.25, -0.2) is 5.01 Å². The van der Waals surface area contributed by atoms with Gasteiger partial charge in [0.05, 0.1) is 18.2 Å². The van der Waals surface area contributed by atoms with E-state index in [-0.39, 0.29) is 17.9 Å². The lowest BCUT2D eigenvalue weighted by Gasteiger charge is -2.30. The molecule has 0 unspecified atom stereocenters. The molecule has 1 saturated carbocycles. The molecule has 1 amide bonds. The minimum atomic E-state index is -0.157. The Hall–Kier alpha value is -2.56. The maximum Gasteiger partial charge on any atom is 0.240 e. The highest BCUT2D eigenvalue weighted by Gasteiger charge is 2.45. The Morgan fingerprint density at radius 3 is 2.75 bits per heavy atom. The number of carbonyl (C=O) groups excluding carboxylic acids is 1. The van der Waals surface area contributed by atoms with Crippen molar-refractivity contribution in [2.45, 2.75) is 32.7 Å². The van der Waals surface area contributed by atoms with Gasteiger partial charge in [0.2, 0.25) is 5.91 Å². The van der Waals surface area contributed by atoms with Crippen LogP contribution >= 0.6 is 0 Å². The van der Waals surface area contributed by atoms with Gasteiger partial charge in [-0.05, 0) is 54.7 Å². The fourth-order valence-electron chi connectivity index (χ4n) is 3.83. The molecule has 3 heterocycles. The first kappa shape index (κ1) is 15.0. The number of allylic oxidation sites excluding steroid dienone is 1. The molecule has 24 heavy (non-hydrogen) atoms. The van der Waals surface area contributed by atoms with Crippen LogP contribution < -0.4 is 0 Å². The zero-order chi connectivity index (χ0) is 16.7. The summed E-state index contributed by atoms with van der Waals surface area (Å²) in [6.45, 7) is 3.79. The van der Waals surface area contributed by atoms with Crippen LogP contribution in [0.3, 0.4) is 0 Å². The fourth-order valence-corrected chi connectivity index (χ4v) is 3.83. The fraction of sp³-hybridized carbons (Fsp3) is 0.368. The summed E-state index contributed by atoms with van der Waals surface area (Å²) in [6, 6.07) is 7.44. The van der Waals surface area contributed by atoms with Gasteiger partial charge in [0, 0.05) is 12.8 Å². The molecule has 1 aliphatic heterocycles. The van der Waals surface area contributed by atoms with E-state index in [4.69, 9.17) is 8.83 Å². The second-order valence-corrected chi connectivity index (χ2v) is 6.65. The molecule has 2 aliphatic rings. The first-order valence-electron chi connectivity index (χ1n) is 8.29. The van der Waals surface area contributed by atoms with Gasteiger partial charge in [0.1, 0.15) is 17.6 Å². The molecular weight excluding hydrogens is 304 g/mol. The highest BCUT2D eigenvalue weighted by molar-refractivity contribution is 6.07. The third kappa shape index (κ3) is 2.50. The van der Waals surface area contributed by atoms with Gasteiger partial charge in [0.15, 0.2) is 0 Å². The van der Waals surface area contributed by atoms with E-state index in [1.54, 1.807) is 24.5 Å². The summed E-state index contributed by atoms with van der Waals surface area (Å²) in [5.41, 5.74) is 2.13. The van der Waals surface area contributed by atoms with Crippen LogP contribution in [0.4, 0.5) is 0 Å². The van der Waals surface area contributed by atoms with E-state index in [1.165, 1.54) is 0 Å². The summed E-state index contributed by atoms with van der Waals surface area (Å²) in [5.74, 6) is 2.21. The van der Waals surface area contributed by atoms with Crippen LogP contribution in [-0.2, 0) is 4.79 Å². The lowest BCUT2D eigenvalue weighted by molar-refractivity contribution is -0.131. The predicted octanol–water partition coefficient (Wildman–Crippen LogP) is 4.26. The Morgan fingerprint density at radius 1 is 1.29 bits per heavy atom. The zero-order valence-corrected chi connectivity index (χ0v) is 13.8. The normalized spacial score (nSPS) is 28.1. The van der Waals surface area contributed by atoms with Crippen molar-refractivity contribution in [2.75, 3.05) is 0 Å². The number of rotatable bonds is 2. The molecule has 4 rings (SSSR count). The first-order chi connectivity index (χ1) is 11.6. The van der Waals surface area contributed by atoms with E-state index >= 15 is 0 Å². The molecule has 0 radical (unpaired) electrons. The van der Waals surface area contributed by atoms with Crippen LogP contribution in [0, 0.1) is 11.8 Å². The van der Waals surface area contributed by atoms with Crippen molar-refractivity contribution in [1.29, 1.82) is 0 Å². The Labute approximate surface area is 140 Å². The molecule has 5 nitrogen and oxygen atoms in total. The van der Waals surface area contributed by atoms with Crippen LogP contribution in [0.1, 0.15) is 44.3 Å². The molecule has 2 aromatic heterocycles. The second-order valence-electron chi connectivity index (χ2n) is 6.65. The maximum atomic E-state index is 12.1.